The van der Waals surface area contributed by atoms with Gasteiger partial charge in [-0.05, 0) is 41.1 Å². The summed E-state index contributed by atoms with van der Waals surface area (Å²) in [5.74, 6) is 1.70. The fourth-order valence-electron chi connectivity index (χ4n) is 4.31. The molecule has 2 aromatic carbocycles. The van der Waals surface area contributed by atoms with Crippen molar-refractivity contribution in [3.63, 3.8) is 0 Å². The molecule has 5 rings (SSSR count). The number of fused-ring (bicyclic) bond motifs is 1. The van der Waals surface area contributed by atoms with E-state index in [0.29, 0.717) is 12.6 Å². The Kier molecular flexibility index (Phi) is 4.98. The van der Waals surface area contributed by atoms with Gasteiger partial charge in [0.15, 0.2) is 11.6 Å². The molecular formula is C23H24ClN5. The van der Waals surface area contributed by atoms with E-state index in [1.165, 1.54) is 42.4 Å². The predicted octanol–water partition coefficient (Wildman–Crippen LogP) is 5.54. The lowest BCUT2D eigenvalue weighted by molar-refractivity contribution is 0.629. The maximum absolute atomic E-state index is 6.25. The van der Waals surface area contributed by atoms with E-state index in [1.54, 1.807) is 0 Å². The largest absolute Gasteiger partial charge is 0.364 e. The third-order valence-corrected chi connectivity index (χ3v) is 6.02. The molecule has 1 aromatic heterocycles. The minimum atomic E-state index is 0.289. The summed E-state index contributed by atoms with van der Waals surface area (Å²) < 4.78 is 0. The van der Waals surface area contributed by atoms with E-state index in [1.807, 2.05) is 6.07 Å². The average molecular weight is 406 g/mol. The number of hydrogen-bond donors (Lipinski definition) is 2. The van der Waals surface area contributed by atoms with Crippen molar-refractivity contribution in [3.8, 4) is 11.1 Å². The molecule has 29 heavy (non-hydrogen) atoms. The monoisotopic (exact) mass is 405 g/mol. The molecule has 1 aliphatic heterocycles. The topological polar surface area (TPSA) is 53.1 Å². The van der Waals surface area contributed by atoms with Gasteiger partial charge in [0, 0.05) is 12.6 Å². The number of benzene rings is 2. The van der Waals surface area contributed by atoms with Crippen LogP contribution in [0.4, 0.5) is 17.3 Å². The first-order valence-electron chi connectivity index (χ1n) is 10.2. The molecule has 1 aliphatic carbocycles. The van der Waals surface area contributed by atoms with Crippen molar-refractivity contribution in [1.29, 1.82) is 0 Å². The fourth-order valence-corrected chi connectivity index (χ4v) is 4.47. The maximum Gasteiger partial charge on any atom is 0.226 e. The summed E-state index contributed by atoms with van der Waals surface area (Å²) in [5, 5.41) is 7.21. The number of rotatable bonds is 5. The molecule has 1 fully saturated rings. The summed E-state index contributed by atoms with van der Waals surface area (Å²) in [7, 11) is 0. The van der Waals surface area contributed by atoms with Crippen molar-refractivity contribution >= 4 is 28.9 Å². The first-order chi connectivity index (χ1) is 14.3. The van der Waals surface area contributed by atoms with Gasteiger partial charge in [0.05, 0.1) is 6.67 Å². The second-order valence-corrected chi connectivity index (χ2v) is 8.04. The zero-order valence-corrected chi connectivity index (χ0v) is 17.0. The normalized spacial score (nSPS) is 16.0. The van der Waals surface area contributed by atoms with E-state index in [2.05, 4.69) is 74.0 Å². The molecule has 0 amide bonds. The van der Waals surface area contributed by atoms with Crippen molar-refractivity contribution in [1.82, 2.24) is 9.97 Å². The average Bonchev–Trinajstić information content (AvgIpc) is 3.43. The van der Waals surface area contributed by atoms with Crippen molar-refractivity contribution in [2.45, 2.75) is 38.3 Å². The lowest BCUT2D eigenvalue weighted by Crippen LogP contribution is -2.33. The van der Waals surface area contributed by atoms with Gasteiger partial charge in [0.1, 0.15) is 5.69 Å². The van der Waals surface area contributed by atoms with Crippen LogP contribution in [0.5, 0.6) is 0 Å². The van der Waals surface area contributed by atoms with Crippen LogP contribution in [0.2, 0.25) is 5.28 Å². The molecule has 0 bridgehead atoms. The molecule has 148 valence electrons. The third-order valence-electron chi connectivity index (χ3n) is 5.85. The number of aromatic nitrogens is 2. The van der Waals surface area contributed by atoms with Crippen molar-refractivity contribution in [3.05, 3.63) is 65.4 Å². The molecule has 3 aromatic rings. The highest BCUT2D eigenvalue weighted by atomic mass is 35.5. The Hall–Kier alpha value is -2.79. The second-order valence-electron chi connectivity index (χ2n) is 7.70. The molecule has 0 atom stereocenters. The highest BCUT2D eigenvalue weighted by molar-refractivity contribution is 6.28. The Morgan fingerprint density at radius 3 is 2.45 bits per heavy atom. The molecule has 0 unspecified atom stereocenters. The minimum absolute atomic E-state index is 0.289. The van der Waals surface area contributed by atoms with Gasteiger partial charge >= 0.3 is 0 Å². The van der Waals surface area contributed by atoms with Crippen molar-refractivity contribution in [2.24, 2.45) is 0 Å². The maximum atomic E-state index is 6.25. The first-order valence-corrected chi connectivity index (χ1v) is 10.6. The van der Waals surface area contributed by atoms with Crippen LogP contribution in [0.3, 0.4) is 0 Å². The molecule has 0 radical (unpaired) electrons. The summed E-state index contributed by atoms with van der Waals surface area (Å²) in [6.07, 6.45) is 5.03. The van der Waals surface area contributed by atoms with Crippen LogP contribution in [-0.2, 0) is 6.54 Å². The summed E-state index contributed by atoms with van der Waals surface area (Å²) in [6, 6.07) is 19.6. The highest BCUT2D eigenvalue weighted by Gasteiger charge is 2.31. The minimum Gasteiger partial charge on any atom is -0.364 e. The summed E-state index contributed by atoms with van der Waals surface area (Å²) in [4.78, 5) is 11.3. The number of nitrogens with one attached hydrogen (secondary N) is 2. The van der Waals surface area contributed by atoms with E-state index in [4.69, 9.17) is 11.6 Å². The van der Waals surface area contributed by atoms with Gasteiger partial charge < -0.3 is 15.5 Å². The molecular weight excluding hydrogens is 382 g/mol. The van der Waals surface area contributed by atoms with E-state index >= 15 is 0 Å². The van der Waals surface area contributed by atoms with Crippen LogP contribution in [0.15, 0.2) is 54.6 Å². The van der Waals surface area contributed by atoms with Crippen LogP contribution < -0.4 is 15.5 Å². The van der Waals surface area contributed by atoms with E-state index in [0.717, 1.165) is 24.0 Å². The molecule has 5 nitrogen and oxygen atoms in total. The zero-order chi connectivity index (χ0) is 19.6. The van der Waals surface area contributed by atoms with Gasteiger partial charge in [-0.1, -0.05) is 67.4 Å². The second kappa shape index (κ2) is 7.91. The molecule has 1 saturated carbocycles. The van der Waals surface area contributed by atoms with E-state index < -0.39 is 0 Å². The third kappa shape index (κ3) is 3.75. The van der Waals surface area contributed by atoms with Crippen molar-refractivity contribution in [2.75, 3.05) is 22.2 Å². The number of halogens is 1. The standard InChI is InChI=1S/C23H24ClN5/c24-23-27-21(20-22(28-23)29(15-26-20)19-8-4-5-9-19)25-14-16-10-12-18(13-11-16)17-6-2-1-3-7-17/h1-3,6-7,10-13,19,26H,4-5,8-9,14-15H2,(H,25,27,28). The fraction of sp³-hybridized carbons (Fsp3) is 0.304. The van der Waals surface area contributed by atoms with Crippen LogP contribution in [0, 0.1) is 0 Å². The molecule has 2 N–H and O–H groups in total. The Morgan fingerprint density at radius 2 is 1.69 bits per heavy atom. The molecule has 6 heteroatoms. The van der Waals surface area contributed by atoms with Gasteiger partial charge in [-0.25, -0.2) is 0 Å². The first kappa shape index (κ1) is 18.3. The molecule has 0 spiro atoms. The van der Waals surface area contributed by atoms with Crippen LogP contribution in [0.25, 0.3) is 11.1 Å². The Morgan fingerprint density at radius 1 is 0.966 bits per heavy atom. The highest BCUT2D eigenvalue weighted by Crippen LogP contribution is 2.40. The van der Waals surface area contributed by atoms with Gasteiger partial charge in [0.25, 0.3) is 0 Å². The summed E-state index contributed by atoms with van der Waals surface area (Å²) in [5.41, 5.74) is 4.60. The number of hydrogen-bond acceptors (Lipinski definition) is 5. The van der Waals surface area contributed by atoms with E-state index in [9.17, 15) is 0 Å². The SMILES string of the molecule is Clc1nc(NCc2ccc(-c3ccccc3)cc2)c2c(n1)N(C1CCCC1)CN2. The lowest BCUT2D eigenvalue weighted by atomic mass is 10.0. The molecule has 0 saturated heterocycles. The summed E-state index contributed by atoms with van der Waals surface area (Å²) in [6.45, 7) is 1.45. The quantitative estimate of drug-likeness (QED) is 0.545. The lowest BCUT2D eigenvalue weighted by Gasteiger charge is -2.24. The van der Waals surface area contributed by atoms with Crippen LogP contribution >= 0.6 is 11.6 Å². The van der Waals surface area contributed by atoms with Gasteiger partial charge in [-0.15, -0.1) is 0 Å². The van der Waals surface area contributed by atoms with Gasteiger partial charge in [-0.2, -0.15) is 9.97 Å². The zero-order valence-electron chi connectivity index (χ0n) is 16.2. The molecule has 2 aliphatic rings. The number of nitrogens with zero attached hydrogens (tertiary/aromatic N) is 3. The Balaban J connectivity index is 1.32. The smallest absolute Gasteiger partial charge is 0.226 e. The van der Waals surface area contributed by atoms with Crippen molar-refractivity contribution < 1.29 is 0 Å². The summed E-state index contributed by atoms with van der Waals surface area (Å²) >= 11 is 6.25. The Bertz CT molecular complexity index is 984. The van der Waals surface area contributed by atoms with Crippen LogP contribution in [-0.4, -0.2) is 22.7 Å². The van der Waals surface area contributed by atoms with Gasteiger partial charge in [0.2, 0.25) is 5.28 Å². The number of anilines is 3. The Labute approximate surface area is 176 Å². The molecule has 2 heterocycles. The van der Waals surface area contributed by atoms with Crippen LogP contribution in [0.1, 0.15) is 31.2 Å². The van der Waals surface area contributed by atoms with E-state index in [-0.39, 0.29) is 5.28 Å². The predicted molar refractivity (Wildman–Crippen MR) is 119 cm³/mol. The van der Waals surface area contributed by atoms with Gasteiger partial charge in [-0.3, -0.25) is 0 Å².